The van der Waals surface area contributed by atoms with Crippen molar-refractivity contribution in [3.8, 4) is 0 Å². The molecule has 0 bridgehead atoms. The van der Waals surface area contributed by atoms with Gasteiger partial charge in [-0.1, -0.05) is 34.1 Å². The van der Waals surface area contributed by atoms with E-state index in [9.17, 15) is 0 Å². The molecule has 0 saturated carbocycles. The molecule has 2 N–H and O–H groups in total. The highest BCUT2D eigenvalue weighted by Crippen LogP contribution is 2.16. The Morgan fingerprint density at radius 3 is 2.08 bits per heavy atom. The molecule has 0 amide bonds. The average molecular weight is 187 g/mol. The lowest BCUT2D eigenvalue weighted by Crippen LogP contribution is -2.40. The van der Waals surface area contributed by atoms with Crippen LogP contribution in [0.4, 0.5) is 0 Å². The molecule has 0 aromatic carbocycles. The zero-order valence-electron chi connectivity index (χ0n) is 9.71. The summed E-state index contributed by atoms with van der Waals surface area (Å²) in [5.74, 6) is 1.20. The van der Waals surface area contributed by atoms with Crippen molar-refractivity contribution in [2.45, 2.75) is 52.7 Å². The van der Waals surface area contributed by atoms with Crippen molar-refractivity contribution < 1.29 is 4.74 Å². The predicted octanol–water partition coefficient (Wildman–Crippen LogP) is 2.42. The first-order chi connectivity index (χ1) is 6.02. The third kappa shape index (κ3) is 4.63. The summed E-state index contributed by atoms with van der Waals surface area (Å²) in [6.07, 6.45) is 2.46. The third-order valence-electron chi connectivity index (χ3n) is 2.72. The zero-order valence-corrected chi connectivity index (χ0v) is 9.71. The van der Waals surface area contributed by atoms with Crippen LogP contribution in [0, 0.1) is 11.8 Å². The Balaban J connectivity index is 3.97. The lowest BCUT2D eigenvalue weighted by atomic mass is 9.91. The van der Waals surface area contributed by atoms with E-state index in [-0.39, 0.29) is 12.1 Å². The minimum atomic E-state index is 0.181. The van der Waals surface area contributed by atoms with E-state index in [0.717, 1.165) is 6.42 Å². The molecule has 0 aliphatic rings. The molecule has 0 rings (SSSR count). The summed E-state index contributed by atoms with van der Waals surface area (Å²) in [5.41, 5.74) is 6.08. The summed E-state index contributed by atoms with van der Waals surface area (Å²) in [7, 11) is 1.75. The van der Waals surface area contributed by atoms with Gasteiger partial charge in [0, 0.05) is 13.2 Å². The van der Waals surface area contributed by atoms with Gasteiger partial charge < -0.3 is 10.5 Å². The molecular formula is C11H25NO. The van der Waals surface area contributed by atoms with Crippen molar-refractivity contribution in [2.24, 2.45) is 17.6 Å². The molecule has 0 saturated heterocycles. The van der Waals surface area contributed by atoms with Gasteiger partial charge in [-0.25, -0.2) is 0 Å². The SMILES string of the molecule is CCC(C)CC(N)C(OC)C(C)C. The third-order valence-corrected chi connectivity index (χ3v) is 2.72. The van der Waals surface area contributed by atoms with Gasteiger partial charge in [-0.2, -0.15) is 0 Å². The van der Waals surface area contributed by atoms with E-state index < -0.39 is 0 Å². The Hall–Kier alpha value is -0.0800. The van der Waals surface area contributed by atoms with E-state index in [1.165, 1.54) is 6.42 Å². The van der Waals surface area contributed by atoms with Crippen LogP contribution in [0.1, 0.15) is 40.5 Å². The van der Waals surface area contributed by atoms with E-state index in [1.807, 2.05) is 0 Å². The number of methoxy groups -OCH3 is 1. The molecule has 80 valence electrons. The summed E-state index contributed by atoms with van der Waals surface area (Å²) in [6, 6.07) is 0.181. The Kier molecular flexibility index (Phi) is 6.35. The van der Waals surface area contributed by atoms with Crippen LogP contribution in [0.25, 0.3) is 0 Å². The second-order valence-electron chi connectivity index (χ2n) is 4.36. The molecule has 3 atom stereocenters. The van der Waals surface area contributed by atoms with E-state index in [4.69, 9.17) is 10.5 Å². The van der Waals surface area contributed by atoms with Gasteiger partial charge in [0.2, 0.25) is 0 Å². The predicted molar refractivity (Wildman–Crippen MR) is 57.7 cm³/mol. The van der Waals surface area contributed by atoms with Crippen LogP contribution in [0.15, 0.2) is 0 Å². The highest BCUT2D eigenvalue weighted by molar-refractivity contribution is 4.77. The standard InChI is InChI=1S/C11H25NO/c1-6-9(4)7-10(12)11(13-5)8(2)3/h8-11H,6-7,12H2,1-5H3. The van der Waals surface area contributed by atoms with Gasteiger partial charge in [-0.05, 0) is 18.3 Å². The highest BCUT2D eigenvalue weighted by atomic mass is 16.5. The first kappa shape index (κ1) is 12.9. The first-order valence-electron chi connectivity index (χ1n) is 5.31. The highest BCUT2D eigenvalue weighted by Gasteiger charge is 2.21. The quantitative estimate of drug-likeness (QED) is 0.693. The lowest BCUT2D eigenvalue weighted by molar-refractivity contribution is 0.0379. The van der Waals surface area contributed by atoms with Gasteiger partial charge >= 0.3 is 0 Å². The van der Waals surface area contributed by atoms with Crippen LogP contribution < -0.4 is 5.73 Å². The fourth-order valence-electron chi connectivity index (χ4n) is 1.71. The fraction of sp³-hybridized carbons (Fsp3) is 1.00. The largest absolute Gasteiger partial charge is 0.380 e. The van der Waals surface area contributed by atoms with Crippen LogP contribution >= 0.6 is 0 Å². The van der Waals surface area contributed by atoms with Crippen molar-refractivity contribution >= 4 is 0 Å². The molecule has 3 unspecified atom stereocenters. The maximum Gasteiger partial charge on any atom is 0.0745 e. The van der Waals surface area contributed by atoms with E-state index in [1.54, 1.807) is 7.11 Å². The molecule has 0 aliphatic heterocycles. The summed E-state index contributed by atoms with van der Waals surface area (Å²) >= 11 is 0. The van der Waals surface area contributed by atoms with Crippen molar-refractivity contribution in [3.05, 3.63) is 0 Å². The molecule has 13 heavy (non-hydrogen) atoms. The Morgan fingerprint density at radius 2 is 1.77 bits per heavy atom. The Morgan fingerprint density at radius 1 is 1.23 bits per heavy atom. The Bertz CT molecular complexity index is 125. The van der Waals surface area contributed by atoms with Crippen molar-refractivity contribution in [3.63, 3.8) is 0 Å². The number of nitrogens with two attached hydrogens (primary N) is 1. The molecule has 0 fully saturated rings. The normalized spacial score (nSPS) is 18.7. The smallest absolute Gasteiger partial charge is 0.0745 e. The van der Waals surface area contributed by atoms with Crippen LogP contribution in [0.2, 0.25) is 0 Å². The summed E-state index contributed by atoms with van der Waals surface area (Å²) in [4.78, 5) is 0. The van der Waals surface area contributed by atoms with Crippen LogP contribution in [-0.4, -0.2) is 19.3 Å². The lowest BCUT2D eigenvalue weighted by Gasteiger charge is -2.27. The number of rotatable bonds is 6. The molecular weight excluding hydrogens is 162 g/mol. The molecule has 0 radical (unpaired) electrons. The summed E-state index contributed by atoms with van der Waals surface area (Å²) < 4.78 is 5.39. The Labute approximate surface area is 82.8 Å². The minimum Gasteiger partial charge on any atom is -0.380 e. The number of hydrogen-bond acceptors (Lipinski definition) is 2. The number of hydrogen-bond donors (Lipinski definition) is 1. The zero-order chi connectivity index (χ0) is 10.4. The first-order valence-corrected chi connectivity index (χ1v) is 5.31. The summed E-state index contributed by atoms with van der Waals surface area (Å²) in [6.45, 7) is 8.76. The topological polar surface area (TPSA) is 35.2 Å². The maximum absolute atomic E-state index is 6.08. The average Bonchev–Trinajstić information content (AvgIpc) is 2.04. The second kappa shape index (κ2) is 6.39. The number of ether oxygens (including phenoxy) is 1. The molecule has 0 heterocycles. The molecule has 0 aromatic rings. The molecule has 2 heteroatoms. The van der Waals surface area contributed by atoms with Crippen LogP contribution in [0.3, 0.4) is 0 Å². The van der Waals surface area contributed by atoms with Gasteiger partial charge in [-0.15, -0.1) is 0 Å². The molecule has 2 nitrogen and oxygen atoms in total. The van der Waals surface area contributed by atoms with E-state index in [2.05, 4.69) is 27.7 Å². The molecule has 0 aromatic heterocycles. The van der Waals surface area contributed by atoms with Gasteiger partial charge in [0.25, 0.3) is 0 Å². The van der Waals surface area contributed by atoms with Gasteiger partial charge in [0.15, 0.2) is 0 Å². The summed E-state index contributed by atoms with van der Waals surface area (Å²) in [5, 5.41) is 0. The maximum atomic E-state index is 6.08. The van der Waals surface area contributed by atoms with Crippen LogP contribution in [-0.2, 0) is 4.74 Å². The molecule has 0 spiro atoms. The van der Waals surface area contributed by atoms with Crippen LogP contribution in [0.5, 0.6) is 0 Å². The minimum absolute atomic E-state index is 0.181. The molecule has 0 aliphatic carbocycles. The van der Waals surface area contributed by atoms with Crippen molar-refractivity contribution in [2.75, 3.05) is 7.11 Å². The van der Waals surface area contributed by atoms with Crippen molar-refractivity contribution in [1.29, 1.82) is 0 Å². The van der Waals surface area contributed by atoms with E-state index >= 15 is 0 Å². The van der Waals surface area contributed by atoms with Gasteiger partial charge in [-0.3, -0.25) is 0 Å². The fourth-order valence-corrected chi connectivity index (χ4v) is 1.71. The second-order valence-corrected chi connectivity index (χ2v) is 4.36. The van der Waals surface area contributed by atoms with Crippen molar-refractivity contribution in [1.82, 2.24) is 0 Å². The van der Waals surface area contributed by atoms with Gasteiger partial charge in [0.1, 0.15) is 0 Å². The monoisotopic (exact) mass is 187 g/mol. The van der Waals surface area contributed by atoms with Gasteiger partial charge in [0.05, 0.1) is 6.10 Å². The van der Waals surface area contributed by atoms with E-state index in [0.29, 0.717) is 11.8 Å².